The average Bonchev–Trinajstić information content (AvgIpc) is 2.98. The number of rotatable bonds is 3. The van der Waals surface area contributed by atoms with Crippen LogP contribution in [-0.2, 0) is 4.79 Å². The Morgan fingerprint density at radius 3 is 2.48 bits per heavy atom. The number of hydrogen-bond acceptors (Lipinski definition) is 3. The molecular weight excluding hydrogens is 396 g/mol. The second-order valence-corrected chi connectivity index (χ2v) is 8.80. The van der Waals surface area contributed by atoms with Gasteiger partial charge >= 0.3 is 0 Å². The molecule has 0 saturated carbocycles. The van der Waals surface area contributed by atoms with Crippen molar-refractivity contribution in [2.75, 3.05) is 26.2 Å². The molecule has 1 aromatic rings. The summed E-state index contributed by atoms with van der Waals surface area (Å²) in [7, 11) is 0. The van der Waals surface area contributed by atoms with Crippen LogP contribution in [0.15, 0.2) is 33.6 Å². The second-order valence-electron chi connectivity index (χ2n) is 6.47. The van der Waals surface area contributed by atoms with Crippen molar-refractivity contribution in [1.82, 2.24) is 10.2 Å². The van der Waals surface area contributed by atoms with Gasteiger partial charge in [-0.25, -0.2) is 0 Å². The number of amides is 1. The largest absolute Gasteiger partial charge is 0.342 e. The summed E-state index contributed by atoms with van der Waals surface area (Å²) in [5, 5.41) is 3.46. The Balaban J connectivity index is 0.00000192. The number of thioether (sulfide) groups is 1. The molecule has 2 aliphatic rings. The van der Waals surface area contributed by atoms with Crippen molar-refractivity contribution in [2.24, 2.45) is 5.41 Å². The molecule has 6 heteroatoms. The molecule has 0 bridgehead atoms. The molecule has 2 fully saturated rings. The van der Waals surface area contributed by atoms with Gasteiger partial charge in [-0.3, -0.25) is 4.79 Å². The van der Waals surface area contributed by atoms with Crippen LogP contribution in [0.25, 0.3) is 0 Å². The fourth-order valence-corrected chi connectivity index (χ4v) is 4.66. The average molecular weight is 420 g/mol. The summed E-state index contributed by atoms with van der Waals surface area (Å²) in [6.07, 6.45) is 3.58. The highest BCUT2D eigenvalue weighted by molar-refractivity contribution is 9.10. The number of nitrogens with zero attached hydrogens (tertiary/aromatic N) is 1. The molecular formula is C17H24BrClN2OS. The Morgan fingerprint density at radius 2 is 1.91 bits per heavy atom. The van der Waals surface area contributed by atoms with Gasteiger partial charge in [-0.1, -0.05) is 15.9 Å². The molecule has 3 nitrogen and oxygen atoms in total. The number of carbonyl (C=O) groups excluding carboxylic acids is 1. The fourth-order valence-electron chi connectivity index (χ4n) is 3.45. The van der Waals surface area contributed by atoms with Gasteiger partial charge in [0.2, 0.25) is 5.91 Å². The van der Waals surface area contributed by atoms with Crippen molar-refractivity contribution in [3.8, 4) is 0 Å². The molecule has 0 aromatic heterocycles. The van der Waals surface area contributed by atoms with Crippen molar-refractivity contribution in [2.45, 2.75) is 36.3 Å². The third kappa shape index (κ3) is 4.65. The Labute approximate surface area is 157 Å². The molecule has 2 aliphatic heterocycles. The van der Waals surface area contributed by atoms with Gasteiger partial charge in [-0.05, 0) is 62.4 Å². The predicted molar refractivity (Wildman–Crippen MR) is 102 cm³/mol. The highest BCUT2D eigenvalue weighted by atomic mass is 79.9. The van der Waals surface area contributed by atoms with Crippen LogP contribution in [0, 0.1) is 5.41 Å². The Morgan fingerprint density at radius 1 is 1.26 bits per heavy atom. The van der Waals surface area contributed by atoms with Crippen LogP contribution in [0.1, 0.15) is 26.2 Å². The standard InChI is InChI=1S/C17H23BrN2OS.ClH/c1-13(22-15-4-2-14(18)3-5-15)16(21)20-10-7-17(8-11-20)6-9-19-12-17;/h2-5,13,19H,6-12H2,1H3;1H. The van der Waals surface area contributed by atoms with Crippen LogP contribution >= 0.6 is 40.1 Å². The van der Waals surface area contributed by atoms with E-state index in [-0.39, 0.29) is 23.6 Å². The minimum atomic E-state index is -0.0167. The maximum absolute atomic E-state index is 12.7. The third-order valence-electron chi connectivity index (χ3n) is 4.94. The first-order valence-electron chi connectivity index (χ1n) is 8.00. The van der Waals surface area contributed by atoms with Gasteiger partial charge in [-0.2, -0.15) is 0 Å². The lowest BCUT2D eigenvalue weighted by Gasteiger charge is -2.39. The van der Waals surface area contributed by atoms with E-state index >= 15 is 0 Å². The Bertz CT molecular complexity index is 524. The van der Waals surface area contributed by atoms with Gasteiger partial charge < -0.3 is 10.2 Å². The van der Waals surface area contributed by atoms with Crippen LogP contribution in [-0.4, -0.2) is 42.2 Å². The number of halogens is 2. The van der Waals surface area contributed by atoms with Crippen LogP contribution in [0.5, 0.6) is 0 Å². The summed E-state index contributed by atoms with van der Waals surface area (Å²) < 4.78 is 1.07. The first-order valence-corrected chi connectivity index (χ1v) is 9.67. The summed E-state index contributed by atoms with van der Waals surface area (Å²) in [4.78, 5) is 15.9. The molecule has 2 saturated heterocycles. The van der Waals surface area contributed by atoms with E-state index in [2.05, 4.69) is 38.3 Å². The molecule has 1 spiro atoms. The zero-order valence-corrected chi connectivity index (χ0v) is 16.6. The molecule has 1 amide bonds. The van der Waals surface area contributed by atoms with Crippen molar-refractivity contribution >= 4 is 46.0 Å². The summed E-state index contributed by atoms with van der Waals surface area (Å²) in [6, 6.07) is 8.18. The van der Waals surface area contributed by atoms with Gasteiger partial charge in [0.1, 0.15) is 0 Å². The molecule has 128 valence electrons. The third-order valence-corrected chi connectivity index (χ3v) is 6.57. The zero-order valence-electron chi connectivity index (χ0n) is 13.4. The van der Waals surface area contributed by atoms with Crippen LogP contribution in [0.2, 0.25) is 0 Å². The quantitative estimate of drug-likeness (QED) is 0.753. The molecule has 1 unspecified atom stereocenters. The highest BCUT2D eigenvalue weighted by Crippen LogP contribution is 2.37. The van der Waals surface area contributed by atoms with E-state index in [0.717, 1.165) is 48.4 Å². The van der Waals surface area contributed by atoms with E-state index in [1.54, 1.807) is 11.8 Å². The van der Waals surface area contributed by atoms with Gasteiger partial charge in [0.25, 0.3) is 0 Å². The number of piperidine rings is 1. The van der Waals surface area contributed by atoms with Gasteiger partial charge in [-0.15, -0.1) is 24.2 Å². The van der Waals surface area contributed by atoms with Gasteiger partial charge in [0.15, 0.2) is 0 Å². The maximum Gasteiger partial charge on any atom is 0.235 e. The molecule has 3 rings (SSSR count). The van der Waals surface area contributed by atoms with Gasteiger partial charge in [0.05, 0.1) is 5.25 Å². The summed E-state index contributed by atoms with van der Waals surface area (Å²) >= 11 is 5.10. The maximum atomic E-state index is 12.7. The lowest BCUT2D eigenvalue weighted by molar-refractivity contribution is -0.132. The van der Waals surface area contributed by atoms with E-state index in [1.807, 2.05) is 19.1 Å². The zero-order chi connectivity index (χ0) is 15.6. The first kappa shape index (κ1) is 19.1. The van der Waals surface area contributed by atoms with Crippen LogP contribution in [0.3, 0.4) is 0 Å². The molecule has 23 heavy (non-hydrogen) atoms. The molecule has 1 atom stereocenters. The molecule has 0 radical (unpaired) electrons. The fraction of sp³-hybridized carbons (Fsp3) is 0.588. The van der Waals surface area contributed by atoms with Gasteiger partial charge in [0, 0.05) is 29.0 Å². The van der Waals surface area contributed by atoms with Crippen molar-refractivity contribution in [3.63, 3.8) is 0 Å². The summed E-state index contributed by atoms with van der Waals surface area (Å²) in [5.74, 6) is 0.286. The Hall–Kier alpha value is -0.230. The number of likely N-dealkylation sites (tertiary alicyclic amines) is 1. The highest BCUT2D eigenvalue weighted by Gasteiger charge is 2.38. The minimum Gasteiger partial charge on any atom is -0.342 e. The predicted octanol–water partition coefficient (Wildman–Crippen LogP) is 3.95. The van der Waals surface area contributed by atoms with E-state index < -0.39 is 0 Å². The molecule has 2 heterocycles. The van der Waals surface area contributed by atoms with Crippen LogP contribution < -0.4 is 5.32 Å². The first-order chi connectivity index (χ1) is 10.6. The normalized spacial score (nSPS) is 21.0. The number of benzene rings is 1. The summed E-state index contributed by atoms with van der Waals surface area (Å²) in [6.45, 7) is 6.15. The Kier molecular flexibility index (Phi) is 6.84. The monoisotopic (exact) mass is 418 g/mol. The topological polar surface area (TPSA) is 32.3 Å². The van der Waals surface area contributed by atoms with E-state index in [0.29, 0.717) is 5.41 Å². The lowest BCUT2D eigenvalue weighted by atomic mass is 9.78. The SMILES string of the molecule is CC(Sc1ccc(Br)cc1)C(=O)N1CCC2(CCNC2)CC1.Cl. The molecule has 0 aliphatic carbocycles. The van der Waals surface area contributed by atoms with E-state index in [4.69, 9.17) is 0 Å². The summed E-state index contributed by atoms with van der Waals surface area (Å²) in [5.41, 5.74) is 0.471. The number of hydrogen-bond donors (Lipinski definition) is 1. The van der Waals surface area contributed by atoms with E-state index in [1.165, 1.54) is 6.42 Å². The second kappa shape index (κ2) is 8.24. The minimum absolute atomic E-state index is 0. The molecule has 1 aromatic carbocycles. The van der Waals surface area contributed by atoms with E-state index in [9.17, 15) is 4.79 Å². The smallest absolute Gasteiger partial charge is 0.235 e. The number of carbonyl (C=O) groups is 1. The van der Waals surface area contributed by atoms with Crippen molar-refractivity contribution in [3.05, 3.63) is 28.7 Å². The number of nitrogens with one attached hydrogen (secondary N) is 1. The van der Waals surface area contributed by atoms with Crippen molar-refractivity contribution < 1.29 is 4.79 Å². The molecule has 1 N–H and O–H groups in total. The lowest BCUT2D eigenvalue weighted by Crippen LogP contribution is -2.46. The van der Waals surface area contributed by atoms with Crippen molar-refractivity contribution in [1.29, 1.82) is 0 Å². The van der Waals surface area contributed by atoms with Crippen LogP contribution in [0.4, 0.5) is 0 Å².